The summed E-state index contributed by atoms with van der Waals surface area (Å²) >= 11 is 0. The Morgan fingerprint density at radius 1 is 1.14 bits per heavy atom. The van der Waals surface area contributed by atoms with E-state index in [0.717, 1.165) is 24.2 Å². The molecule has 0 unspecified atom stereocenters. The molecule has 2 aliphatic heterocycles. The number of carbonyl (C=O) groups is 1. The minimum absolute atomic E-state index is 0.205. The van der Waals surface area contributed by atoms with E-state index >= 15 is 0 Å². The fraction of sp³-hybridized carbons (Fsp3) is 0.478. The highest BCUT2D eigenvalue weighted by molar-refractivity contribution is 5.88. The van der Waals surface area contributed by atoms with Crippen molar-refractivity contribution in [3.8, 4) is 11.3 Å². The van der Waals surface area contributed by atoms with Gasteiger partial charge in [0.1, 0.15) is 5.56 Å². The minimum Gasteiger partial charge on any atom is -0.477 e. The number of nitrogens with one attached hydrogen (secondary N) is 1. The third-order valence-corrected chi connectivity index (χ3v) is 6.27. The third kappa shape index (κ3) is 4.08. The fourth-order valence-electron chi connectivity index (χ4n) is 4.72. The number of aromatic nitrogens is 1. The lowest BCUT2D eigenvalue weighted by molar-refractivity contribution is 0.0695. The van der Waals surface area contributed by atoms with Crippen LogP contribution in [0.2, 0.25) is 0 Å². The maximum atomic E-state index is 12.2. The number of aromatic carboxylic acids is 1. The third-order valence-electron chi connectivity index (χ3n) is 6.27. The second kappa shape index (κ2) is 8.41. The number of anilines is 1. The lowest BCUT2D eigenvalue weighted by atomic mass is 10.0. The van der Waals surface area contributed by atoms with E-state index in [1.165, 1.54) is 50.5 Å². The van der Waals surface area contributed by atoms with Gasteiger partial charge in [0.15, 0.2) is 0 Å². The fourth-order valence-corrected chi connectivity index (χ4v) is 4.72. The van der Waals surface area contributed by atoms with Crippen LogP contribution in [0.3, 0.4) is 0 Å². The molecule has 2 N–H and O–H groups in total. The van der Waals surface area contributed by atoms with Gasteiger partial charge in [-0.1, -0.05) is 19.1 Å². The first-order valence-electron chi connectivity index (χ1n) is 10.7. The standard InChI is InChI=1S/C23H29N3O3/c1-2-16-14-20(23(28)29)22(27)24-21(16)17-7-9-18(10-8-17)26-13-5-6-19(26)15-25-11-3-4-12-25/h7-10,14,19H,2-6,11-13,15H2,1H3,(H,24,27)(H,28,29)/t19-/m0/s1. The molecule has 4 rings (SSSR count). The van der Waals surface area contributed by atoms with E-state index in [2.05, 4.69) is 26.9 Å². The van der Waals surface area contributed by atoms with Crippen LogP contribution in [-0.4, -0.2) is 53.2 Å². The summed E-state index contributed by atoms with van der Waals surface area (Å²) in [5, 5.41) is 9.20. The summed E-state index contributed by atoms with van der Waals surface area (Å²) in [7, 11) is 0. The van der Waals surface area contributed by atoms with E-state index in [4.69, 9.17) is 0 Å². The largest absolute Gasteiger partial charge is 0.477 e. The maximum Gasteiger partial charge on any atom is 0.341 e. The molecule has 2 saturated heterocycles. The molecular weight excluding hydrogens is 366 g/mol. The molecule has 154 valence electrons. The van der Waals surface area contributed by atoms with Gasteiger partial charge >= 0.3 is 5.97 Å². The van der Waals surface area contributed by atoms with Crippen molar-refractivity contribution in [1.82, 2.24) is 9.88 Å². The predicted octanol–water partition coefficient (Wildman–Crippen LogP) is 3.37. The molecule has 0 amide bonds. The molecule has 0 spiro atoms. The number of likely N-dealkylation sites (tertiary alicyclic amines) is 1. The molecule has 1 aromatic carbocycles. The topological polar surface area (TPSA) is 76.6 Å². The number of hydrogen-bond acceptors (Lipinski definition) is 4. The minimum atomic E-state index is -1.19. The maximum absolute atomic E-state index is 12.2. The zero-order valence-electron chi connectivity index (χ0n) is 17.0. The number of nitrogens with zero attached hydrogens (tertiary/aromatic N) is 2. The summed E-state index contributed by atoms with van der Waals surface area (Å²) in [5.41, 5.74) is 2.92. The summed E-state index contributed by atoms with van der Waals surface area (Å²) < 4.78 is 0. The summed E-state index contributed by atoms with van der Waals surface area (Å²) in [6.07, 6.45) is 5.75. The zero-order chi connectivity index (χ0) is 20.4. The second-order valence-electron chi connectivity index (χ2n) is 8.12. The van der Waals surface area contributed by atoms with E-state index < -0.39 is 11.5 Å². The summed E-state index contributed by atoms with van der Waals surface area (Å²) in [5.74, 6) is -1.19. The van der Waals surface area contributed by atoms with Gasteiger partial charge in [-0.05, 0) is 74.5 Å². The Morgan fingerprint density at radius 2 is 1.86 bits per heavy atom. The van der Waals surface area contributed by atoms with Gasteiger partial charge in [-0.3, -0.25) is 4.79 Å². The molecule has 1 aromatic heterocycles. The Bertz CT molecular complexity index is 929. The van der Waals surface area contributed by atoms with Crippen molar-refractivity contribution in [2.45, 2.75) is 45.1 Å². The molecule has 2 aliphatic rings. The Kier molecular flexibility index (Phi) is 5.72. The van der Waals surface area contributed by atoms with Gasteiger partial charge in [0, 0.05) is 24.8 Å². The molecule has 3 heterocycles. The summed E-state index contributed by atoms with van der Waals surface area (Å²) in [6.45, 7) is 6.64. The van der Waals surface area contributed by atoms with Crippen molar-refractivity contribution in [3.63, 3.8) is 0 Å². The van der Waals surface area contributed by atoms with E-state index in [1.54, 1.807) is 0 Å². The highest BCUT2D eigenvalue weighted by Crippen LogP contribution is 2.30. The first-order valence-corrected chi connectivity index (χ1v) is 10.7. The predicted molar refractivity (Wildman–Crippen MR) is 115 cm³/mol. The summed E-state index contributed by atoms with van der Waals surface area (Å²) in [6, 6.07) is 10.4. The second-order valence-corrected chi connectivity index (χ2v) is 8.12. The van der Waals surface area contributed by atoms with Crippen molar-refractivity contribution in [2.24, 2.45) is 0 Å². The number of carboxylic acids is 1. The van der Waals surface area contributed by atoms with Crippen LogP contribution < -0.4 is 10.5 Å². The average Bonchev–Trinajstić information content (AvgIpc) is 3.40. The number of hydrogen-bond donors (Lipinski definition) is 2. The van der Waals surface area contributed by atoms with Crippen LogP contribution in [0, 0.1) is 0 Å². The number of H-pyrrole nitrogens is 1. The molecule has 0 saturated carbocycles. The number of aromatic amines is 1. The van der Waals surface area contributed by atoms with Crippen molar-refractivity contribution in [2.75, 3.05) is 31.1 Å². The Hall–Kier alpha value is -2.60. The van der Waals surface area contributed by atoms with Crippen LogP contribution in [0.25, 0.3) is 11.3 Å². The first-order chi connectivity index (χ1) is 14.1. The van der Waals surface area contributed by atoms with Crippen molar-refractivity contribution < 1.29 is 9.90 Å². The normalized spacial score (nSPS) is 19.8. The molecule has 0 radical (unpaired) electrons. The molecule has 0 bridgehead atoms. The first kappa shape index (κ1) is 19.7. The average molecular weight is 396 g/mol. The number of aryl methyl sites for hydroxylation is 1. The van der Waals surface area contributed by atoms with Crippen LogP contribution in [0.1, 0.15) is 48.5 Å². The zero-order valence-corrected chi connectivity index (χ0v) is 17.0. The van der Waals surface area contributed by atoms with Crippen molar-refractivity contribution in [1.29, 1.82) is 0 Å². The highest BCUT2D eigenvalue weighted by Gasteiger charge is 2.27. The lowest BCUT2D eigenvalue weighted by Crippen LogP contribution is -2.39. The van der Waals surface area contributed by atoms with Gasteiger partial charge < -0.3 is 19.9 Å². The molecular formula is C23H29N3O3. The van der Waals surface area contributed by atoms with Gasteiger partial charge in [-0.25, -0.2) is 4.79 Å². The van der Waals surface area contributed by atoms with E-state index in [0.29, 0.717) is 18.2 Å². The molecule has 6 heteroatoms. The highest BCUT2D eigenvalue weighted by atomic mass is 16.4. The van der Waals surface area contributed by atoms with Crippen LogP contribution in [0.5, 0.6) is 0 Å². The molecule has 0 aliphatic carbocycles. The van der Waals surface area contributed by atoms with Crippen LogP contribution in [0.15, 0.2) is 35.1 Å². The van der Waals surface area contributed by atoms with Crippen LogP contribution in [0.4, 0.5) is 5.69 Å². The SMILES string of the molecule is CCc1cc(C(=O)O)c(=O)[nH]c1-c1ccc(N2CCC[C@H]2CN2CCCC2)cc1. The van der Waals surface area contributed by atoms with Gasteiger partial charge in [0.2, 0.25) is 0 Å². The number of carboxylic acid groups (broad SMARTS) is 1. The smallest absolute Gasteiger partial charge is 0.341 e. The van der Waals surface area contributed by atoms with E-state index in [1.807, 2.05) is 19.1 Å². The Morgan fingerprint density at radius 3 is 2.52 bits per heavy atom. The summed E-state index contributed by atoms with van der Waals surface area (Å²) in [4.78, 5) is 31.3. The van der Waals surface area contributed by atoms with Crippen LogP contribution in [-0.2, 0) is 6.42 Å². The van der Waals surface area contributed by atoms with Crippen LogP contribution >= 0.6 is 0 Å². The van der Waals surface area contributed by atoms with Gasteiger partial charge in [0.05, 0.1) is 5.69 Å². The molecule has 2 aromatic rings. The van der Waals surface area contributed by atoms with Crippen molar-refractivity contribution in [3.05, 3.63) is 51.8 Å². The number of benzene rings is 1. The van der Waals surface area contributed by atoms with Gasteiger partial charge in [0.25, 0.3) is 5.56 Å². The van der Waals surface area contributed by atoms with Gasteiger partial charge in [-0.2, -0.15) is 0 Å². The number of rotatable bonds is 6. The Labute approximate surface area is 171 Å². The number of pyridine rings is 1. The van der Waals surface area contributed by atoms with E-state index in [-0.39, 0.29) is 5.56 Å². The van der Waals surface area contributed by atoms with Crippen molar-refractivity contribution >= 4 is 11.7 Å². The van der Waals surface area contributed by atoms with Gasteiger partial charge in [-0.15, -0.1) is 0 Å². The molecule has 29 heavy (non-hydrogen) atoms. The monoisotopic (exact) mass is 395 g/mol. The molecule has 1 atom stereocenters. The molecule has 2 fully saturated rings. The Balaban J connectivity index is 1.57. The lowest BCUT2D eigenvalue weighted by Gasteiger charge is -2.30. The quantitative estimate of drug-likeness (QED) is 0.784. The molecule has 6 nitrogen and oxygen atoms in total. The van der Waals surface area contributed by atoms with E-state index in [9.17, 15) is 14.7 Å².